The van der Waals surface area contributed by atoms with Gasteiger partial charge in [-0.1, -0.05) is 30.3 Å². The lowest BCUT2D eigenvalue weighted by molar-refractivity contribution is -0.118. The molecule has 0 radical (unpaired) electrons. The molecule has 0 unspecified atom stereocenters. The molecule has 0 atom stereocenters. The number of fused-ring (bicyclic) bond motifs is 1. The van der Waals surface area contributed by atoms with E-state index in [4.69, 9.17) is 9.15 Å². The SMILES string of the molecule is O=C(COc1cc(O)c2c(=O)cc(-c3ccccc3)oc2c1)Nc1cc(F)cc(F)c1. The number of phenolic OH excluding ortho intramolecular Hbond substituents is 1. The van der Waals surface area contributed by atoms with Crippen LogP contribution in [0.25, 0.3) is 22.3 Å². The van der Waals surface area contributed by atoms with Crippen LogP contribution < -0.4 is 15.5 Å². The summed E-state index contributed by atoms with van der Waals surface area (Å²) in [4.78, 5) is 24.5. The highest BCUT2D eigenvalue weighted by molar-refractivity contribution is 5.92. The van der Waals surface area contributed by atoms with Gasteiger partial charge in [-0.15, -0.1) is 0 Å². The number of hydrogen-bond acceptors (Lipinski definition) is 5. The van der Waals surface area contributed by atoms with Crippen LogP contribution >= 0.6 is 0 Å². The van der Waals surface area contributed by atoms with Gasteiger partial charge in [-0.2, -0.15) is 0 Å². The second-order valence-electron chi connectivity index (χ2n) is 6.65. The molecule has 1 heterocycles. The van der Waals surface area contributed by atoms with Crippen LogP contribution in [0.15, 0.2) is 75.9 Å². The third kappa shape index (κ3) is 4.53. The molecule has 0 saturated heterocycles. The minimum Gasteiger partial charge on any atom is -0.507 e. The molecule has 2 N–H and O–H groups in total. The fraction of sp³-hybridized carbons (Fsp3) is 0.0435. The molecular weight excluding hydrogens is 408 g/mol. The van der Waals surface area contributed by atoms with Crippen molar-refractivity contribution in [2.75, 3.05) is 11.9 Å². The molecule has 1 amide bonds. The first kappa shape index (κ1) is 20.1. The zero-order valence-electron chi connectivity index (χ0n) is 15.9. The van der Waals surface area contributed by atoms with Crippen LogP contribution in [-0.4, -0.2) is 17.6 Å². The average Bonchev–Trinajstić information content (AvgIpc) is 2.71. The van der Waals surface area contributed by atoms with Crippen LogP contribution in [0.2, 0.25) is 0 Å². The van der Waals surface area contributed by atoms with E-state index in [0.29, 0.717) is 17.4 Å². The standard InChI is InChI=1S/C23H15F2NO5/c24-14-6-15(25)8-16(7-14)26-22(29)12-30-17-9-18(27)23-19(28)11-20(31-21(23)10-17)13-4-2-1-3-5-13/h1-11,27H,12H2,(H,26,29). The number of halogens is 2. The predicted molar refractivity (Wildman–Crippen MR) is 110 cm³/mol. The highest BCUT2D eigenvalue weighted by atomic mass is 19.1. The minimum atomic E-state index is -0.833. The molecule has 0 spiro atoms. The van der Waals surface area contributed by atoms with Crippen LogP contribution in [0.4, 0.5) is 14.5 Å². The number of amides is 1. The fourth-order valence-corrected chi connectivity index (χ4v) is 3.04. The molecule has 4 aromatic rings. The number of rotatable bonds is 5. The van der Waals surface area contributed by atoms with Crippen LogP contribution in [0.1, 0.15) is 0 Å². The van der Waals surface area contributed by atoms with Gasteiger partial charge in [-0.3, -0.25) is 9.59 Å². The van der Waals surface area contributed by atoms with Gasteiger partial charge in [-0.25, -0.2) is 8.78 Å². The summed E-state index contributed by atoms with van der Waals surface area (Å²) >= 11 is 0. The Labute approximate surface area is 174 Å². The third-order valence-electron chi connectivity index (χ3n) is 4.36. The number of nitrogens with one attached hydrogen (secondary N) is 1. The Morgan fingerprint density at radius 3 is 2.42 bits per heavy atom. The van der Waals surface area contributed by atoms with Crippen molar-refractivity contribution in [3.63, 3.8) is 0 Å². The number of benzene rings is 3. The third-order valence-corrected chi connectivity index (χ3v) is 4.36. The Bertz CT molecular complexity index is 1320. The van der Waals surface area contributed by atoms with Gasteiger partial charge in [0, 0.05) is 35.5 Å². The van der Waals surface area contributed by atoms with Crippen LogP contribution in [0.3, 0.4) is 0 Å². The zero-order valence-corrected chi connectivity index (χ0v) is 15.9. The molecule has 0 aliphatic rings. The molecule has 8 heteroatoms. The molecular formula is C23H15F2NO5. The number of carbonyl (C=O) groups excluding carboxylic acids is 1. The largest absolute Gasteiger partial charge is 0.507 e. The van der Waals surface area contributed by atoms with Crippen molar-refractivity contribution >= 4 is 22.6 Å². The fourth-order valence-electron chi connectivity index (χ4n) is 3.04. The Morgan fingerprint density at radius 1 is 1.00 bits per heavy atom. The maximum Gasteiger partial charge on any atom is 0.262 e. The van der Waals surface area contributed by atoms with E-state index in [1.807, 2.05) is 6.07 Å². The van der Waals surface area contributed by atoms with E-state index in [2.05, 4.69) is 5.32 Å². The Kier molecular flexibility index (Phi) is 5.36. The molecule has 0 fully saturated rings. The van der Waals surface area contributed by atoms with Gasteiger partial charge in [0.05, 0.1) is 0 Å². The number of hydrogen-bond donors (Lipinski definition) is 2. The molecule has 0 aliphatic carbocycles. The molecule has 1 aromatic heterocycles. The van der Waals surface area contributed by atoms with Crippen molar-refractivity contribution in [2.24, 2.45) is 0 Å². The first-order chi connectivity index (χ1) is 14.9. The van der Waals surface area contributed by atoms with Crippen molar-refractivity contribution in [1.82, 2.24) is 0 Å². The second kappa shape index (κ2) is 8.27. The number of carbonyl (C=O) groups is 1. The van der Waals surface area contributed by atoms with Gasteiger partial charge in [0.25, 0.3) is 5.91 Å². The maximum atomic E-state index is 13.2. The van der Waals surface area contributed by atoms with Crippen molar-refractivity contribution in [2.45, 2.75) is 0 Å². The Hall–Kier alpha value is -4.20. The lowest BCUT2D eigenvalue weighted by Gasteiger charge is -2.10. The molecule has 0 aliphatic heterocycles. The highest BCUT2D eigenvalue weighted by Gasteiger charge is 2.14. The van der Waals surface area contributed by atoms with E-state index in [9.17, 15) is 23.5 Å². The number of aromatic hydroxyl groups is 1. The highest BCUT2D eigenvalue weighted by Crippen LogP contribution is 2.31. The van der Waals surface area contributed by atoms with E-state index in [0.717, 1.165) is 12.1 Å². The molecule has 0 saturated carbocycles. The monoisotopic (exact) mass is 423 g/mol. The van der Waals surface area contributed by atoms with E-state index < -0.39 is 29.6 Å². The first-order valence-electron chi connectivity index (χ1n) is 9.14. The lowest BCUT2D eigenvalue weighted by Crippen LogP contribution is -2.20. The van der Waals surface area contributed by atoms with Gasteiger partial charge in [0.2, 0.25) is 0 Å². The number of anilines is 1. The quantitative estimate of drug-likeness (QED) is 0.495. The van der Waals surface area contributed by atoms with Crippen LogP contribution in [-0.2, 0) is 4.79 Å². The predicted octanol–water partition coefficient (Wildman–Crippen LogP) is 4.46. The molecule has 3 aromatic carbocycles. The summed E-state index contributed by atoms with van der Waals surface area (Å²) in [5.41, 5.74) is 0.254. The van der Waals surface area contributed by atoms with Crippen molar-refractivity contribution in [3.05, 3.63) is 88.6 Å². The first-order valence-corrected chi connectivity index (χ1v) is 9.14. The summed E-state index contributed by atoms with van der Waals surface area (Å²) in [5.74, 6) is -2.34. The lowest BCUT2D eigenvalue weighted by atomic mass is 10.1. The van der Waals surface area contributed by atoms with E-state index >= 15 is 0 Å². The summed E-state index contributed by atoms with van der Waals surface area (Å²) < 4.78 is 37.6. The Morgan fingerprint density at radius 2 is 1.71 bits per heavy atom. The summed E-state index contributed by atoms with van der Waals surface area (Å²) in [6.45, 7) is -0.508. The Balaban J connectivity index is 1.56. The summed E-state index contributed by atoms with van der Waals surface area (Å²) in [6.07, 6.45) is 0. The molecule has 31 heavy (non-hydrogen) atoms. The van der Waals surface area contributed by atoms with Crippen molar-refractivity contribution in [1.29, 1.82) is 0 Å². The van der Waals surface area contributed by atoms with Gasteiger partial charge in [0.1, 0.15) is 39.9 Å². The molecule has 4 rings (SSSR count). The number of ether oxygens (including phenoxy) is 1. The molecule has 156 valence electrons. The topological polar surface area (TPSA) is 88.8 Å². The van der Waals surface area contributed by atoms with E-state index in [1.54, 1.807) is 24.3 Å². The molecule has 6 nitrogen and oxygen atoms in total. The summed E-state index contributed by atoms with van der Waals surface area (Å²) in [5, 5.41) is 12.5. The molecule has 0 bridgehead atoms. The maximum absolute atomic E-state index is 13.2. The summed E-state index contributed by atoms with van der Waals surface area (Å²) in [7, 11) is 0. The van der Waals surface area contributed by atoms with Crippen LogP contribution in [0.5, 0.6) is 11.5 Å². The van der Waals surface area contributed by atoms with E-state index in [-0.39, 0.29) is 28.2 Å². The number of phenols is 1. The second-order valence-corrected chi connectivity index (χ2v) is 6.65. The smallest absolute Gasteiger partial charge is 0.262 e. The van der Waals surface area contributed by atoms with Gasteiger partial charge in [-0.05, 0) is 12.1 Å². The van der Waals surface area contributed by atoms with Crippen molar-refractivity contribution < 1.29 is 27.8 Å². The zero-order chi connectivity index (χ0) is 22.0. The van der Waals surface area contributed by atoms with E-state index in [1.165, 1.54) is 18.2 Å². The van der Waals surface area contributed by atoms with Crippen molar-refractivity contribution in [3.8, 4) is 22.8 Å². The van der Waals surface area contributed by atoms with Gasteiger partial charge >= 0.3 is 0 Å². The van der Waals surface area contributed by atoms with Gasteiger partial charge < -0.3 is 19.6 Å². The van der Waals surface area contributed by atoms with Gasteiger partial charge in [0.15, 0.2) is 12.0 Å². The summed E-state index contributed by atoms with van der Waals surface area (Å²) in [6, 6.07) is 15.4. The normalized spacial score (nSPS) is 10.8. The van der Waals surface area contributed by atoms with Crippen LogP contribution in [0, 0.1) is 11.6 Å². The minimum absolute atomic E-state index is 0.0216. The average molecular weight is 423 g/mol.